The Morgan fingerprint density at radius 3 is 2.57 bits per heavy atom. The molecule has 0 aromatic heterocycles. The summed E-state index contributed by atoms with van der Waals surface area (Å²) in [6.07, 6.45) is 7.39. The largest absolute Gasteiger partial charge is 0.369 e. The first kappa shape index (κ1) is 22.1. The average Bonchev–Trinajstić information content (AvgIpc) is 2.79. The van der Waals surface area contributed by atoms with Gasteiger partial charge < -0.3 is 10.2 Å². The van der Waals surface area contributed by atoms with Crippen LogP contribution in [0.2, 0.25) is 0 Å². The minimum Gasteiger partial charge on any atom is -0.369 e. The molecule has 1 N–H and O–H groups in total. The molecular formula is C24H33N5O. The minimum absolute atomic E-state index is 0.104. The molecule has 1 aromatic rings. The van der Waals surface area contributed by atoms with Crippen LogP contribution in [0.1, 0.15) is 56.9 Å². The molecule has 30 heavy (non-hydrogen) atoms. The molecule has 1 heterocycles. The number of hydrogen-bond acceptors (Lipinski definition) is 5. The Labute approximate surface area is 180 Å². The molecule has 1 saturated carbocycles. The van der Waals surface area contributed by atoms with Gasteiger partial charge in [0.1, 0.15) is 0 Å². The van der Waals surface area contributed by atoms with E-state index < -0.39 is 0 Å². The first-order chi connectivity index (χ1) is 14.7. The molecule has 0 bridgehead atoms. The fourth-order valence-corrected chi connectivity index (χ4v) is 4.59. The van der Waals surface area contributed by atoms with Gasteiger partial charge in [-0.05, 0) is 69.2 Å². The molecular weight excluding hydrogens is 374 g/mol. The molecule has 0 radical (unpaired) electrons. The van der Waals surface area contributed by atoms with Gasteiger partial charge in [-0.2, -0.15) is 10.5 Å². The normalized spacial score (nSPS) is 22.1. The highest BCUT2D eigenvalue weighted by atomic mass is 16.1. The second-order valence-electron chi connectivity index (χ2n) is 8.58. The predicted octanol–water partition coefficient (Wildman–Crippen LogP) is 3.44. The van der Waals surface area contributed by atoms with Gasteiger partial charge in [-0.3, -0.25) is 9.69 Å². The van der Waals surface area contributed by atoms with Crippen molar-refractivity contribution < 1.29 is 4.79 Å². The minimum atomic E-state index is 0.104. The van der Waals surface area contributed by atoms with E-state index in [1.807, 2.05) is 18.2 Å². The lowest BCUT2D eigenvalue weighted by Crippen LogP contribution is -2.47. The van der Waals surface area contributed by atoms with E-state index in [-0.39, 0.29) is 5.91 Å². The van der Waals surface area contributed by atoms with Crippen LogP contribution in [0.15, 0.2) is 24.3 Å². The van der Waals surface area contributed by atoms with E-state index in [2.05, 4.69) is 33.3 Å². The predicted molar refractivity (Wildman–Crippen MR) is 118 cm³/mol. The standard InChI is InChI=1S/C24H33N5O/c25-12-2-1-6-24(30)27-22-9-7-20(8-10-22)11-13-28-14-16-29(17-15-28)23-5-3-4-21(18-23)19-26/h3-5,18,20,22H,1-2,6-11,13-17H2,(H,27,30)/t20-,22-. The molecule has 1 aromatic carbocycles. The quantitative estimate of drug-likeness (QED) is 0.668. The number of nitrogens with zero attached hydrogens (tertiary/aromatic N) is 4. The summed E-state index contributed by atoms with van der Waals surface area (Å²) in [5, 5.41) is 20.8. The maximum absolute atomic E-state index is 11.9. The maximum Gasteiger partial charge on any atom is 0.220 e. The summed E-state index contributed by atoms with van der Waals surface area (Å²) in [4.78, 5) is 16.9. The lowest BCUT2D eigenvalue weighted by molar-refractivity contribution is -0.122. The van der Waals surface area contributed by atoms with E-state index >= 15 is 0 Å². The van der Waals surface area contributed by atoms with Crippen molar-refractivity contribution in [2.45, 2.75) is 57.4 Å². The second-order valence-corrected chi connectivity index (χ2v) is 8.58. The lowest BCUT2D eigenvalue weighted by Gasteiger charge is -2.37. The molecule has 160 valence electrons. The Balaban J connectivity index is 1.31. The highest BCUT2D eigenvalue weighted by Crippen LogP contribution is 2.27. The van der Waals surface area contributed by atoms with Gasteiger partial charge in [0.15, 0.2) is 0 Å². The van der Waals surface area contributed by atoms with Crippen LogP contribution in [0.4, 0.5) is 5.69 Å². The van der Waals surface area contributed by atoms with E-state index in [9.17, 15) is 4.79 Å². The molecule has 1 aliphatic heterocycles. The number of hydrogen-bond donors (Lipinski definition) is 1. The molecule has 6 nitrogen and oxygen atoms in total. The van der Waals surface area contributed by atoms with Crippen molar-refractivity contribution in [3.8, 4) is 12.1 Å². The number of anilines is 1. The summed E-state index contributed by atoms with van der Waals surface area (Å²) in [6, 6.07) is 12.5. The zero-order chi connectivity index (χ0) is 21.2. The van der Waals surface area contributed by atoms with Gasteiger partial charge in [0.2, 0.25) is 5.91 Å². The molecule has 0 spiro atoms. The Bertz CT molecular complexity index is 765. The van der Waals surface area contributed by atoms with Gasteiger partial charge in [-0.15, -0.1) is 0 Å². The summed E-state index contributed by atoms with van der Waals surface area (Å²) >= 11 is 0. The summed E-state index contributed by atoms with van der Waals surface area (Å²) in [6.45, 7) is 5.33. The number of unbranched alkanes of at least 4 members (excludes halogenated alkanes) is 1. The van der Waals surface area contributed by atoms with Crippen molar-refractivity contribution in [1.29, 1.82) is 10.5 Å². The zero-order valence-corrected chi connectivity index (χ0v) is 17.9. The second kappa shape index (κ2) is 11.6. The Hall–Kier alpha value is -2.57. The van der Waals surface area contributed by atoms with Gasteiger partial charge in [-0.25, -0.2) is 0 Å². The van der Waals surface area contributed by atoms with E-state index in [1.165, 1.54) is 19.3 Å². The van der Waals surface area contributed by atoms with E-state index in [0.717, 1.165) is 62.7 Å². The van der Waals surface area contributed by atoms with Crippen LogP contribution < -0.4 is 10.2 Å². The first-order valence-corrected chi connectivity index (χ1v) is 11.3. The van der Waals surface area contributed by atoms with Crippen LogP contribution in [0.3, 0.4) is 0 Å². The molecule has 1 aliphatic carbocycles. The lowest BCUT2D eigenvalue weighted by atomic mass is 9.84. The summed E-state index contributed by atoms with van der Waals surface area (Å²) in [5.74, 6) is 0.869. The molecule has 2 aliphatic rings. The van der Waals surface area contributed by atoms with Gasteiger partial charge in [0.25, 0.3) is 0 Å². The Kier molecular flexibility index (Phi) is 8.53. The molecule has 0 unspecified atom stereocenters. The smallest absolute Gasteiger partial charge is 0.220 e. The molecule has 0 atom stereocenters. The molecule has 1 amide bonds. The van der Waals surface area contributed by atoms with Crippen molar-refractivity contribution >= 4 is 11.6 Å². The van der Waals surface area contributed by atoms with Crippen LogP contribution in [-0.2, 0) is 4.79 Å². The van der Waals surface area contributed by atoms with Gasteiger partial charge in [0.05, 0.1) is 17.7 Å². The van der Waals surface area contributed by atoms with Crippen LogP contribution >= 0.6 is 0 Å². The van der Waals surface area contributed by atoms with Crippen LogP contribution in [0.25, 0.3) is 0 Å². The summed E-state index contributed by atoms with van der Waals surface area (Å²) < 4.78 is 0. The van der Waals surface area contributed by atoms with Crippen molar-refractivity contribution in [3.63, 3.8) is 0 Å². The van der Waals surface area contributed by atoms with Gasteiger partial charge >= 0.3 is 0 Å². The monoisotopic (exact) mass is 407 g/mol. The summed E-state index contributed by atoms with van der Waals surface area (Å²) in [5.41, 5.74) is 1.88. The number of benzene rings is 1. The van der Waals surface area contributed by atoms with Crippen LogP contribution in [-0.4, -0.2) is 49.6 Å². The number of nitriles is 2. The molecule has 6 heteroatoms. The molecule has 1 saturated heterocycles. The highest BCUT2D eigenvalue weighted by molar-refractivity contribution is 5.76. The van der Waals surface area contributed by atoms with E-state index in [1.54, 1.807) is 0 Å². The zero-order valence-electron chi connectivity index (χ0n) is 17.9. The SMILES string of the molecule is N#CCCCC(=O)N[C@H]1CC[C@H](CCN2CCN(c3cccc(C#N)c3)CC2)CC1. The number of carbonyl (C=O) groups excluding carboxylic acids is 1. The maximum atomic E-state index is 11.9. The van der Waals surface area contributed by atoms with Crippen LogP contribution in [0.5, 0.6) is 0 Å². The van der Waals surface area contributed by atoms with E-state index in [0.29, 0.717) is 25.3 Å². The van der Waals surface area contributed by atoms with Crippen molar-refractivity contribution in [3.05, 3.63) is 29.8 Å². The van der Waals surface area contributed by atoms with E-state index in [4.69, 9.17) is 10.5 Å². The third-order valence-corrected chi connectivity index (χ3v) is 6.47. The topological polar surface area (TPSA) is 83.2 Å². The van der Waals surface area contributed by atoms with Crippen molar-refractivity contribution in [2.24, 2.45) is 5.92 Å². The Morgan fingerprint density at radius 1 is 1.10 bits per heavy atom. The fourth-order valence-electron chi connectivity index (χ4n) is 4.59. The third kappa shape index (κ3) is 6.75. The fraction of sp³-hybridized carbons (Fsp3) is 0.625. The number of nitrogens with one attached hydrogen (secondary N) is 1. The number of rotatable bonds is 8. The third-order valence-electron chi connectivity index (χ3n) is 6.47. The van der Waals surface area contributed by atoms with Crippen molar-refractivity contribution in [2.75, 3.05) is 37.6 Å². The Morgan fingerprint density at radius 2 is 1.87 bits per heavy atom. The molecule has 2 fully saturated rings. The number of amides is 1. The number of carbonyl (C=O) groups is 1. The number of piperazine rings is 1. The van der Waals surface area contributed by atoms with Crippen LogP contribution in [0, 0.1) is 28.6 Å². The highest BCUT2D eigenvalue weighted by Gasteiger charge is 2.24. The van der Waals surface area contributed by atoms with Crippen molar-refractivity contribution in [1.82, 2.24) is 10.2 Å². The average molecular weight is 408 g/mol. The first-order valence-electron chi connectivity index (χ1n) is 11.3. The molecule has 3 rings (SSSR count). The van der Waals surface area contributed by atoms with Gasteiger partial charge in [-0.1, -0.05) is 6.07 Å². The summed E-state index contributed by atoms with van der Waals surface area (Å²) in [7, 11) is 0. The van der Waals surface area contributed by atoms with Gasteiger partial charge in [0, 0.05) is 50.7 Å².